The fourth-order valence-corrected chi connectivity index (χ4v) is 7.72. The zero-order chi connectivity index (χ0) is 29.7. The highest BCUT2D eigenvalue weighted by Crippen LogP contribution is 2.50. The maximum absolute atomic E-state index is 13.5. The van der Waals surface area contributed by atoms with E-state index in [1.807, 2.05) is 19.1 Å². The molecular weight excluding hydrogens is 657 g/mol. The number of Topliss-reactive ketones (excluding diaryl/α,β-unsaturated/α-hetero) is 1. The molecule has 3 atom stereocenters. The van der Waals surface area contributed by atoms with Gasteiger partial charge >= 0.3 is 0 Å². The van der Waals surface area contributed by atoms with Crippen molar-refractivity contribution in [3.8, 4) is 28.7 Å². The molecule has 1 fully saturated rings. The normalized spacial score (nSPS) is 32.8. The molecule has 12 heteroatoms. The van der Waals surface area contributed by atoms with Gasteiger partial charge in [0.15, 0.2) is 17.3 Å². The molecular formula is C29H28Cl6O6. The Bertz CT molecular complexity index is 1300. The van der Waals surface area contributed by atoms with Crippen molar-refractivity contribution < 1.29 is 28.5 Å². The van der Waals surface area contributed by atoms with E-state index in [0.717, 1.165) is 22.4 Å². The van der Waals surface area contributed by atoms with Crippen molar-refractivity contribution in [3.05, 3.63) is 53.1 Å². The average molecular weight is 685 g/mol. The number of methoxy groups -OCH3 is 2. The van der Waals surface area contributed by atoms with E-state index in [4.69, 9.17) is 93.3 Å². The van der Waals surface area contributed by atoms with Crippen molar-refractivity contribution in [2.75, 3.05) is 20.8 Å². The van der Waals surface area contributed by atoms with Gasteiger partial charge in [-0.2, -0.15) is 0 Å². The molecule has 1 aliphatic carbocycles. The molecule has 3 heterocycles. The molecule has 222 valence electrons. The van der Waals surface area contributed by atoms with Crippen molar-refractivity contribution >= 4 is 75.4 Å². The molecule has 0 N–H and O–H groups in total. The zero-order valence-electron chi connectivity index (χ0n) is 22.3. The van der Waals surface area contributed by atoms with Crippen molar-refractivity contribution in [2.24, 2.45) is 0 Å². The van der Waals surface area contributed by atoms with E-state index in [2.05, 4.69) is 6.58 Å². The van der Waals surface area contributed by atoms with Crippen molar-refractivity contribution in [2.45, 2.75) is 63.7 Å². The highest BCUT2D eigenvalue weighted by molar-refractivity contribution is 6.45. The van der Waals surface area contributed by atoms with E-state index < -0.39 is 44.3 Å². The summed E-state index contributed by atoms with van der Waals surface area (Å²) in [6, 6.07) is 7.23. The molecule has 0 saturated heterocycles. The minimum absolute atomic E-state index is 0.0228. The molecule has 6 rings (SSSR count). The van der Waals surface area contributed by atoms with E-state index >= 15 is 0 Å². The Labute approximate surface area is 269 Å². The van der Waals surface area contributed by atoms with Crippen LogP contribution in [0.15, 0.2) is 36.4 Å². The number of ether oxygens (including phenoxy) is 5. The van der Waals surface area contributed by atoms with E-state index in [1.54, 1.807) is 26.4 Å². The van der Waals surface area contributed by atoms with Crippen molar-refractivity contribution in [1.29, 1.82) is 0 Å². The van der Waals surface area contributed by atoms with Crippen LogP contribution in [0, 0.1) is 0 Å². The van der Waals surface area contributed by atoms with Crippen LogP contribution < -0.4 is 23.7 Å². The minimum atomic E-state index is -0.455. The van der Waals surface area contributed by atoms with Crippen molar-refractivity contribution in [3.63, 3.8) is 0 Å². The molecule has 41 heavy (non-hydrogen) atoms. The third-order valence-electron chi connectivity index (χ3n) is 7.69. The third-order valence-corrected chi connectivity index (χ3v) is 11.7. The van der Waals surface area contributed by atoms with Crippen LogP contribution in [0.2, 0.25) is 0 Å². The van der Waals surface area contributed by atoms with Gasteiger partial charge in [-0.15, -0.1) is 69.6 Å². The lowest BCUT2D eigenvalue weighted by atomic mass is 9.81. The Kier molecular flexibility index (Phi) is 9.31. The van der Waals surface area contributed by atoms with Crippen LogP contribution in [0.3, 0.4) is 0 Å². The van der Waals surface area contributed by atoms with Gasteiger partial charge in [-0.25, -0.2) is 0 Å². The molecule has 0 bridgehead atoms. The summed E-state index contributed by atoms with van der Waals surface area (Å²) in [5, 5.41) is -2.62. The van der Waals surface area contributed by atoms with Gasteiger partial charge < -0.3 is 23.7 Å². The largest absolute Gasteiger partial charge is 0.493 e. The van der Waals surface area contributed by atoms with Gasteiger partial charge in [0.05, 0.1) is 58.0 Å². The topological polar surface area (TPSA) is 63.2 Å². The second-order valence-corrected chi connectivity index (χ2v) is 13.3. The predicted octanol–water partition coefficient (Wildman–Crippen LogP) is 7.35. The Morgan fingerprint density at radius 3 is 1.95 bits per heavy atom. The standard InChI is InChI=1S/C23H22O6.C6H6Cl6/c1-11(2)16-8-14-15(28-16)6-5-12-22(24)21-13-7-18(25-3)19(26-4)9-17(13)27-10-20(21)29-23(12)14;7-1-2(8)4(10)6(12)5(11)3(1)9/h5-7,9,16,20-21H,1,8,10H2,2-4H3;1-6H/t16-,20-,21+;/m1./s1. The first-order valence-corrected chi connectivity index (χ1v) is 15.5. The highest BCUT2D eigenvalue weighted by atomic mass is 35.5. The predicted molar refractivity (Wildman–Crippen MR) is 164 cm³/mol. The molecule has 6 nitrogen and oxygen atoms in total. The summed E-state index contributed by atoms with van der Waals surface area (Å²) >= 11 is 35.3. The van der Waals surface area contributed by atoms with E-state index in [-0.39, 0.29) is 18.5 Å². The molecule has 0 radical (unpaired) electrons. The van der Waals surface area contributed by atoms with Gasteiger partial charge in [0.1, 0.15) is 36.1 Å². The van der Waals surface area contributed by atoms with Crippen LogP contribution in [-0.4, -0.2) is 71.1 Å². The van der Waals surface area contributed by atoms with Gasteiger partial charge in [0, 0.05) is 23.6 Å². The molecule has 0 spiro atoms. The molecule has 0 unspecified atom stereocenters. The quantitative estimate of drug-likeness (QED) is 0.249. The Hall–Kier alpha value is -1.41. The van der Waals surface area contributed by atoms with Gasteiger partial charge in [-0.1, -0.05) is 6.58 Å². The second kappa shape index (κ2) is 12.3. The smallest absolute Gasteiger partial charge is 0.178 e. The van der Waals surface area contributed by atoms with Crippen molar-refractivity contribution in [1.82, 2.24) is 0 Å². The number of rotatable bonds is 3. The summed E-state index contributed by atoms with van der Waals surface area (Å²) in [5.74, 6) is 2.68. The molecule has 3 aliphatic heterocycles. The number of halogens is 6. The Morgan fingerprint density at radius 2 is 1.41 bits per heavy atom. The van der Waals surface area contributed by atoms with Gasteiger partial charge in [0.25, 0.3) is 0 Å². The van der Waals surface area contributed by atoms with Gasteiger partial charge in [0.2, 0.25) is 0 Å². The number of carbonyl (C=O) groups excluding carboxylic acids is 1. The Morgan fingerprint density at radius 1 is 0.854 bits per heavy atom. The third kappa shape index (κ3) is 5.54. The zero-order valence-corrected chi connectivity index (χ0v) is 26.9. The molecule has 2 aromatic rings. The maximum Gasteiger partial charge on any atom is 0.178 e. The lowest BCUT2D eigenvalue weighted by Gasteiger charge is -2.37. The monoisotopic (exact) mass is 682 g/mol. The van der Waals surface area contributed by atoms with Gasteiger partial charge in [-0.3, -0.25) is 4.79 Å². The summed E-state index contributed by atoms with van der Waals surface area (Å²) in [5.41, 5.74) is 3.22. The van der Waals surface area contributed by atoms with Crippen LogP contribution in [0.25, 0.3) is 0 Å². The lowest BCUT2D eigenvalue weighted by Crippen LogP contribution is -2.52. The summed E-state index contributed by atoms with van der Waals surface area (Å²) < 4.78 is 29.0. The molecule has 4 aliphatic rings. The number of alkyl halides is 6. The number of fused-ring (bicyclic) bond motifs is 6. The fraction of sp³-hybridized carbons (Fsp3) is 0.483. The number of ketones is 1. The summed E-state index contributed by atoms with van der Waals surface area (Å²) in [6.07, 6.45) is 0.157. The van der Waals surface area contributed by atoms with Crippen LogP contribution in [0.5, 0.6) is 28.7 Å². The first-order valence-electron chi connectivity index (χ1n) is 12.9. The first-order chi connectivity index (χ1) is 19.5. The second-order valence-electron chi connectivity index (χ2n) is 10.3. The molecule has 0 amide bonds. The molecule has 1 saturated carbocycles. The number of benzene rings is 2. The first kappa shape index (κ1) is 31.0. The summed E-state index contributed by atoms with van der Waals surface area (Å²) in [6.45, 7) is 6.22. The fourth-order valence-electron chi connectivity index (χ4n) is 5.39. The Balaban J connectivity index is 0.000000237. The number of hydrogen-bond donors (Lipinski definition) is 0. The van der Waals surface area contributed by atoms with E-state index in [0.29, 0.717) is 35.0 Å². The summed E-state index contributed by atoms with van der Waals surface area (Å²) in [7, 11) is 3.14. The molecule has 0 aromatic heterocycles. The van der Waals surface area contributed by atoms with Gasteiger partial charge in [-0.05, 0) is 30.7 Å². The minimum Gasteiger partial charge on any atom is -0.493 e. The van der Waals surface area contributed by atoms with Crippen LogP contribution >= 0.6 is 69.6 Å². The number of carbonyl (C=O) groups is 1. The molecule has 2 aromatic carbocycles. The average Bonchev–Trinajstić information content (AvgIpc) is 3.43. The summed E-state index contributed by atoms with van der Waals surface area (Å²) in [4.78, 5) is 13.5. The SMILES string of the molecule is C=C(C)[C@H]1Cc2c(ccc3c2O[C@@H]2COc4cc(OC)c(OC)cc4[C@@H]2C3=O)O1.ClC1C(Cl)C(Cl)C(Cl)C(Cl)C1Cl. The van der Waals surface area contributed by atoms with Crippen LogP contribution in [0.4, 0.5) is 0 Å². The lowest BCUT2D eigenvalue weighted by molar-refractivity contribution is 0.0554. The highest BCUT2D eigenvalue weighted by Gasteiger charge is 2.47. The van der Waals surface area contributed by atoms with E-state index in [1.165, 1.54) is 0 Å². The van der Waals surface area contributed by atoms with Crippen LogP contribution in [-0.2, 0) is 6.42 Å². The number of hydrogen-bond acceptors (Lipinski definition) is 6. The van der Waals surface area contributed by atoms with Crippen LogP contribution in [0.1, 0.15) is 34.3 Å². The maximum atomic E-state index is 13.5. The van der Waals surface area contributed by atoms with E-state index in [9.17, 15) is 4.79 Å².